The monoisotopic (exact) mass is 154 g/mol. The van der Waals surface area contributed by atoms with Crippen molar-refractivity contribution in [3.8, 4) is 0 Å². The van der Waals surface area contributed by atoms with E-state index in [2.05, 4.69) is 5.10 Å². The van der Waals surface area contributed by atoms with Gasteiger partial charge < -0.3 is 5.11 Å². The topological polar surface area (TPSA) is 55.1 Å². The summed E-state index contributed by atoms with van der Waals surface area (Å²) in [5.74, 6) is -0.753. The van der Waals surface area contributed by atoms with Gasteiger partial charge in [0.1, 0.15) is 0 Å². The maximum Gasteiger partial charge on any atom is 0.303 e. The zero-order valence-corrected chi connectivity index (χ0v) is 6.10. The zero-order valence-electron chi connectivity index (χ0n) is 6.10. The van der Waals surface area contributed by atoms with Gasteiger partial charge in [-0.25, -0.2) is 0 Å². The van der Waals surface area contributed by atoms with Gasteiger partial charge in [-0.3, -0.25) is 9.48 Å². The fraction of sp³-hybridized carbons (Fsp3) is 0.429. The van der Waals surface area contributed by atoms with E-state index >= 15 is 0 Å². The highest BCUT2D eigenvalue weighted by atomic mass is 16.4. The van der Waals surface area contributed by atoms with Crippen LogP contribution in [0.5, 0.6) is 0 Å². The van der Waals surface area contributed by atoms with E-state index in [4.69, 9.17) is 5.11 Å². The summed E-state index contributed by atoms with van der Waals surface area (Å²) in [5.41, 5.74) is 0. The van der Waals surface area contributed by atoms with Crippen LogP contribution in [0.1, 0.15) is 12.8 Å². The molecular weight excluding hydrogens is 144 g/mol. The third-order valence-electron chi connectivity index (χ3n) is 1.34. The van der Waals surface area contributed by atoms with Gasteiger partial charge in [-0.1, -0.05) is 0 Å². The molecule has 0 spiro atoms. The van der Waals surface area contributed by atoms with Gasteiger partial charge in [-0.05, 0) is 12.5 Å². The molecule has 4 heteroatoms. The number of carbonyl (C=O) groups is 1. The lowest BCUT2D eigenvalue weighted by atomic mass is 10.3. The van der Waals surface area contributed by atoms with Crippen LogP contribution in [0, 0.1) is 0 Å². The van der Waals surface area contributed by atoms with Gasteiger partial charge in [0.2, 0.25) is 0 Å². The average molecular weight is 154 g/mol. The minimum absolute atomic E-state index is 0.208. The second kappa shape index (κ2) is 3.75. The Labute approximate surface area is 64.5 Å². The Morgan fingerprint density at radius 3 is 3.00 bits per heavy atom. The summed E-state index contributed by atoms with van der Waals surface area (Å²) < 4.78 is 1.73. The van der Waals surface area contributed by atoms with Crippen LogP contribution in [-0.2, 0) is 11.3 Å². The lowest BCUT2D eigenvalue weighted by Crippen LogP contribution is -2.01. The van der Waals surface area contributed by atoms with Gasteiger partial charge in [0.15, 0.2) is 0 Å². The van der Waals surface area contributed by atoms with E-state index in [1.54, 1.807) is 10.9 Å². The van der Waals surface area contributed by atoms with Crippen LogP contribution in [0.4, 0.5) is 0 Å². The predicted octanol–water partition coefficient (Wildman–Crippen LogP) is 0.748. The zero-order chi connectivity index (χ0) is 8.10. The minimum Gasteiger partial charge on any atom is -0.481 e. The lowest BCUT2D eigenvalue weighted by molar-refractivity contribution is -0.137. The molecule has 0 aliphatic heterocycles. The average Bonchev–Trinajstić information content (AvgIpc) is 2.39. The van der Waals surface area contributed by atoms with Crippen molar-refractivity contribution in [1.29, 1.82) is 0 Å². The van der Waals surface area contributed by atoms with Crippen molar-refractivity contribution in [2.45, 2.75) is 19.4 Å². The van der Waals surface area contributed by atoms with Gasteiger partial charge in [0, 0.05) is 25.4 Å². The molecule has 0 radical (unpaired) electrons. The molecule has 0 atom stereocenters. The van der Waals surface area contributed by atoms with Crippen molar-refractivity contribution in [2.75, 3.05) is 0 Å². The molecule has 0 amide bonds. The van der Waals surface area contributed by atoms with Crippen molar-refractivity contribution in [2.24, 2.45) is 0 Å². The molecule has 0 saturated carbocycles. The van der Waals surface area contributed by atoms with Gasteiger partial charge >= 0.3 is 5.97 Å². The number of rotatable bonds is 4. The number of carboxylic acid groups (broad SMARTS) is 1. The number of aliphatic carboxylic acids is 1. The molecule has 0 fully saturated rings. The molecule has 1 aromatic rings. The van der Waals surface area contributed by atoms with Crippen molar-refractivity contribution in [3.63, 3.8) is 0 Å². The molecule has 0 aromatic carbocycles. The first-order valence-electron chi connectivity index (χ1n) is 3.48. The summed E-state index contributed by atoms with van der Waals surface area (Å²) in [4.78, 5) is 10.1. The molecule has 0 aliphatic carbocycles. The Bertz CT molecular complexity index is 218. The Morgan fingerprint density at radius 1 is 1.64 bits per heavy atom. The van der Waals surface area contributed by atoms with Gasteiger partial charge in [-0.2, -0.15) is 5.10 Å². The first-order valence-corrected chi connectivity index (χ1v) is 3.48. The number of hydrogen-bond acceptors (Lipinski definition) is 2. The van der Waals surface area contributed by atoms with Crippen LogP contribution >= 0.6 is 0 Å². The Morgan fingerprint density at radius 2 is 2.45 bits per heavy atom. The normalized spacial score (nSPS) is 9.82. The molecule has 0 saturated heterocycles. The van der Waals surface area contributed by atoms with Crippen LogP contribution in [-0.4, -0.2) is 20.9 Å². The first kappa shape index (κ1) is 7.78. The Balaban J connectivity index is 2.19. The molecule has 11 heavy (non-hydrogen) atoms. The summed E-state index contributed by atoms with van der Waals surface area (Å²) in [5, 5.41) is 12.2. The largest absolute Gasteiger partial charge is 0.481 e. The number of aromatic nitrogens is 2. The maximum absolute atomic E-state index is 10.1. The van der Waals surface area contributed by atoms with Crippen LogP contribution in [0.15, 0.2) is 18.5 Å². The highest BCUT2D eigenvalue weighted by Crippen LogP contribution is 1.93. The van der Waals surface area contributed by atoms with E-state index in [9.17, 15) is 4.79 Å². The third kappa shape index (κ3) is 2.84. The van der Waals surface area contributed by atoms with Crippen molar-refractivity contribution in [1.82, 2.24) is 9.78 Å². The predicted molar refractivity (Wildman–Crippen MR) is 39.1 cm³/mol. The SMILES string of the molecule is O=C(O)CCCn1cccn1. The van der Waals surface area contributed by atoms with E-state index in [-0.39, 0.29) is 6.42 Å². The van der Waals surface area contributed by atoms with Crippen LogP contribution in [0.25, 0.3) is 0 Å². The standard InChI is InChI=1S/C7H10N2O2/c10-7(11)3-1-5-9-6-2-4-8-9/h2,4,6H,1,3,5H2,(H,10,11). The smallest absolute Gasteiger partial charge is 0.303 e. The van der Waals surface area contributed by atoms with E-state index in [1.165, 1.54) is 0 Å². The summed E-state index contributed by atoms with van der Waals surface area (Å²) in [6.07, 6.45) is 4.35. The maximum atomic E-state index is 10.1. The highest BCUT2D eigenvalue weighted by molar-refractivity contribution is 5.66. The molecule has 0 aliphatic rings. The van der Waals surface area contributed by atoms with E-state index < -0.39 is 5.97 Å². The quantitative estimate of drug-likeness (QED) is 0.696. The number of nitrogens with zero attached hydrogens (tertiary/aromatic N) is 2. The fourth-order valence-corrected chi connectivity index (χ4v) is 0.825. The van der Waals surface area contributed by atoms with E-state index in [1.807, 2.05) is 12.3 Å². The first-order chi connectivity index (χ1) is 5.29. The Hall–Kier alpha value is -1.32. The molecule has 1 N–H and O–H groups in total. The fourth-order valence-electron chi connectivity index (χ4n) is 0.825. The second-order valence-corrected chi connectivity index (χ2v) is 2.27. The summed E-state index contributed by atoms with van der Waals surface area (Å²) in [6, 6.07) is 1.82. The van der Waals surface area contributed by atoms with Crippen LogP contribution in [0.3, 0.4) is 0 Å². The third-order valence-corrected chi connectivity index (χ3v) is 1.34. The summed E-state index contributed by atoms with van der Waals surface area (Å²) in [7, 11) is 0. The molecular formula is C7H10N2O2. The van der Waals surface area contributed by atoms with Crippen LogP contribution < -0.4 is 0 Å². The number of hydrogen-bond donors (Lipinski definition) is 1. The summed E-state index contributed by atoms with van der Waals surface area (Å²) in [6.45, 7) is 0.680. The Kier molecular flexibility index (Phi) is 2.66. The molecule has 0 unspecified atom stereocenters. The minimum atomic E-state index is -0.753. The van der Waals surface area contributed by atoms with Crippen molar-refractivity contribution in [3.05, 3.63) is 18.5 Å². The van der Waals surface area contributed by atoms with Crippen LogP contribution in [0.2, 0.25) is 0 Å². The van der Waals surface area contributed by atoms with Gasteiger partial charge in [-0.15, -0.1) is 0 Å². The summed E-state index contributed by atoms with van der Waals surface area (Å²) >= 11 is 0. The number of aryl methyl sites for hydroxylation is 1. The van der Waals surface area contributed by atoms with E-state index in [0.717, 1.165) is 0 Å². The second-order valence-electron chi connectivity index (χ2n) is 2.27. The van der Waals surface area contributed by atoms with Gasteiger partial charge in [0.05, 0.1) is 0 Å². The molecule has 60 valence electrons. The lowest BCUT2D eigenvalue weighted by Gasteiger charge is -1.97. The molecule has 1 aromatic heterocycles. The van der Waals surface area contributed by atoms with E-state index in [0.29, 0.717) is 13.0 Å². The molecule has 4 nitrogen and oxygen atoms in total. The van der Waals surface area contributed by atoms with Crippen molar-refractivity contribution < 1.29 is 9.90 Å². The number of carboxylic acids is 1. The molecule has 0 bridgehead atoms. The molecule has 1 rings (SSSR count). The van der Waals surface area contributed by atoms with Gasteiger partial charge in [0.25, 0.3) is 0 Å². The highest BCUT2D eigenvalue weighted by Gasteiger charge is 1.96. The molecule has 1 heterocycles. The van der Waals surface area contributed by atoms with Crippen molar-refractivity contribution >= 4 is 5.97 Å².